The summed E-state index contributed by atoms with van der Waals surface area (Å²) in [6.45, 7) is 4.89. The number of nitro benzene ring substituents is 1. The minimum Gasteiger partial charge on any atom is -0.490 e. The van der Waals surface area contributed by atoms with Gasteiger partial charge in [-0.25, -0.2) is 4.98 Å². The van der Waals surface area contributed by atoms with Crippen molar-refractivity contribution in [3.05, 3.63) is 75.8 Å². The summed E-state index contributed by atoms with van der Waals surface area (Å²) in [7, 11) is 1.45. The van der Waals surface area contributed by atoms with Gasteiger partial charge < -0.3 is 4.74 Å². The molecule has 1 aliphatic rings. The molecule has 0 fully saturated rings. The fourth-order valence-corrected chi connectivity index (χ4v) is 4.66. The lowest BCUT2D eigenvalue weighted by Gasteiger charge is -2.30. The van der Waals surface area contributed by atoms with Crippen LogP contribution in [0.25, 0.3) is 32.9 Å². The van der Waals surface area contributed by atoms with Gasteiger partial charge in [0.2, 0.25) is 0 Å². The van der Waals surface area contributed by atoms with E-state index in [1.165, 1.54) is 28.8 Å². The molecule has 0 spiro atoms. The zero-order valence-electron chi connectivity index (χ0n) is 17.6. The number of rotatable bonds is 4. The first kappa shape index (κ1) is 19.5. The molecule has 1 aliphatic heterocycles. The second kappa shape index (κ2) is 7.63. The smallest absolute Gasteiger partial charge is 0.311 e. The van der Waals surface area contributed by atoms with Crippen LogP contribution >= 0.6 is 0 Å². The fraction of sp³-hybridized carbons (Fsp3) is 0.240. The summed E-state index contributed by atoms with van der Waals surface area (Å²) >= 11 is 0. The van der Waals surface area contributed by atoms with Crippen LogP contribution in [-0.2, 0) is 13.0 Å². The summed E-state index contributed by atoms with van der Waals surface area (Å²) in [5.41, 5.74) is 4.92. The van der Waals surface area contributed by atoms with Crippen molar-refractivity contribution in [3.63, 3.8) is 0 Å². The normalized spacial score (nSPS) is 14.0. The summed E-state index contributed by atoms with van der Waals surface area (Å²) in [6, 6.07) is 17.7. The molecular formula is C25H23N3O3. The Bertz CT molecular complexity index is 1330. The number of hydrogen-bond acceptors (Lipinski definition) is 5. The molecule has 0 atom stereocenters. The number of fused-ring (bicyclic) bond motifs is 5. The first-order chi connectivity index (χ1) is 15.1. The molecule has 31 heavy (non-hydrogen) atoms. The summed E-state index contributed by atoms with van der Waals surface area (Å²) in [6.07, 6.45) is 0.932. The Kier molecular flexibility index (Phi) is 4.79. The minimum absolute atomic E-state index is 0.0442. The molecule has 0 bridgehead atoms. The third kappa shape index (κ3) is 3.20. The topological polar surface area (TPSA) is 68.5 Å². The minimum atomic E-state index is -0.401. The van der Waals surface area contributed by atoms with Crippen LogP contribution in [0.15, 0.2) is 54.6 Å². The molecule has 0 N–H and O–H groups in total. The van der Waals surface area contributed by atoms with Crippen molar-refractivity contribution in [2.24, 2.45) is 0 Å². The molecule has 0 aliphatic carbocycles. The summed E-state index contributed by atoms with van der Waals surface area (Å²) in [4.78, 5) is 18.6. The Hall–Kier alpha value is -3.51. The molecule has 2 heterocycles. The second-order valence-corrected chi connectivity index (χ2v) is 7.86. The first-order valence-electron chi connectivity index (χ1n) is 10.5. The molecule has 156 valence electrons. The van der Waals surface area contributed by atoms with Gasteiger partial charge in [0.15, 0.2) is 5.75 Å². The van der Waals surface area contributed by atoms with Crippen molar-refractivity contribution in [2.75, 3.05) is 20.2 Å². The average Bonchev–Trinajstić information content (AvgIpc) is 2.82. The third-order valence-corrected chi connectivity index (χ3v) is 6.25. The Labute approximate surface area is 180 Å². The Morgan fingerprint density at radius 1 is 1.13 bits per heavy atom. The predicted molar refractivity (Wildman–Crippen MR) is 123 cm³/mol. The average molecular weight is 413 g/mol. The molecule has 0 radical (unpaired) electrons. The second-order valence-electron chi connectivity index (χ2n) is 7.86. The summed E-state index contributed by atoms with van der Waals surface area (Å²) in [5.74, 6) is 0.254. The van der Waals surface area contributed by atoms with E-state index in [0.717, 1.165) is 48.4 Å². The van der Waals surface area contributed by atoms with E-state index in [1.54, 1.807) is 12.1 Å². The monoisotopic (exact) mass is 413 g/mol. The Balaban J connectivity index is 1.82. The van der Waals surface area contributed by atoms with Gasteiger partial charge in [-0.2, -0.15) is 0 Å². The van der Waals surface area contributed by atoms with Gasteiger partial charge in [0.05, 0.1) is 23.2 Å². The number of nitrogens with zero attached hydrogens (tertiary/aromatic N) is 3. The maximum Gasteiger partial charge on any atom is 0.311 e. The van der Waals surface area contributed by atoms with E-state index in [9.17, 15) is 10.1 Å². The van der Waals surface area contributed by atoms with Gasteiger partial charge in [-0.05, 0) is 53.1 Å². The van der Waals surface area contributed by atoms with E-state index in [2.05, 4.69) is 48.2 Å². The van der Waals surface area contributed by atoms with E-state index in [4.69, 9.17) is 9.72 Å². The predicted octanol–water partition coefficient (Wildman–Crippen LogP) is 5.35. The number of hydrogen-bond donors (Lipinski definition) is 0. The van der Waals surface area contributed by atoms with E-state index in [-0.39, 0.29) is 11.4 Å². The maximum absolute atomic E-state index is 11.6. The van der Waals surface area contributed by atoms with Crippen LogP contribution in [0, 0.1) is 10.1 Å². The first-order valence-corrected chi connectivity index (χ1v) is 10.5. The zero-order chi connectivity index (χ0) is 21.5. The van der Waals surface area contributed by atoms with Crippen LogP contribution < -0.4 is 4.74 Å². The summed E-state index contributed by atoms with van der Waals surface area (Å²) < 4.78 is 5.19. The van der Waals surface area contributed by atoms with Crippen molar-refractivity contribution in [1.82, 2.24) is 9.88 Å². The molecule has 4 aromatic rings. The van der Waals surface area contributed by atoms with Crippen molar-refractivity contribution in [2.45, 2.75) is 19.9 Å². The van der Waals surface area contributed by atoms with Crippen LogP contribution in [0.2, 0.25) is 0 Å². The van der Waals surface area contributed by atoms with Crippen LogP contribution in [0.4, 0.5) is 5.69 Å². The van der Waals surface area contributed by atoms with Crippen LogP contribution in [0.3, 0.4) is 0 Å². The molecule has 3 aromatic carbocycles. The number of likely N-dealkylation sites (N-methyl/N-ethyl adjacent to an activating group) is 1. The van der Waals surface area contributed by atoms with Gasteiger partial charge >= 0.3 is 5.69 Å². The Morgan fingerprint density at radius 3 is 2.74 bits per heavy atom. The number of methoxy groups -OCH3 is 1. The van der Waals surface area contributed by atoms with Gasteiger partial charge in [-0.1, -0.05) is 37.3 Å². The third-order valence-electron chi connectivity index (χ3n) is 6.25. The standard InChI is InChI=1S/C25H23N3O3/c1-3-27-13-12-19-20(15-27)25(17-9-11-23(31-2)22(14-17)28(29)30)26-21-10-8-16-6-4-5-7-18(16)24(19)21/h4-11,14H,3,12-13,15H2,1-2H3. The van der Waals surface area contributed by atoms with Gasteiger partial charge in [0, 0.05) is 30.1 Å². The fourth-order valence-electron chi connectivity index (χ4n) is 4.66. The molecule has 1 aromatic heterocycles. The van der Waals surface area contributed by atoms with Crippen LogP contribution in [0.1, 0.15) is 18.1 Å². The molecule has 6 heteroatoms. The van der Waals surface area contributed by atoms with E-state index in [1.807, 2.05) is 6.07 Å². The molecular weight excluding hydrogens is 390 g/mol. The highest BCUT2D eigenvalue weighted by Crippen LogP contribution is 2.39. The lowest BCUT2D eigenvalue weighted by Crippen LogP contribution is -2.31. The largest absolute Gasteiger partial charge is 0.490 e. The number of benzene rings is 3. The van der Waals surface area contributed by atoms with Crippen molar-refractivity contribution < 1.29 is 9.66 Å². The zero-order valence-corrected chi connectivity index (χ0v) is 17.6. The summed E-state index contributed by atoms with van der Waals surface area (Å²) in [5, 5.41) is 15.2. The quantitative estimate of drug-likeness (QED) is 0.256. The number of ether oxygens (including phenoxy) is 1. The molecule has 0 saturated heterocycles. The molecule has 5 rings (SSSR count). The Morgan fingerprint density at radius 2 is 1.97 bits per heavy atom. The van der Waals surface area contributed by atoms with Gasteiger partial charge in [0.25, 0.3) is 0 Å². The highest BCUT2D eigenvalue weighted by molar-refractivity contribution is 6.09. The lowest BCUT2D eigenvalue weighted by molar-refractivity contribution is -0.385. The SMILES string of the molecule is CCN1CCc2c(c(-c3ccc(OC)c([N+](=O)[O-])c3)nc3ccc4ccccc4c23)C1. The molecule has 6 nitrogen and oxygen atoms in total. The number of aromatic nitrogens is 1. The lowest BCUT2D eigenvalue weighted by atomic mass is 9.89. The van der Waals surface area contributed by atoms with Crippen LogP contribution in [-0.4, -0.2) is 35.0 Å². The molecule has 0 unspecified atom stereocenters. The molecule has 0 amide bonds. The van der Waals surface area contributed by atoms with Crippen molar-refractivity contribution >= 4 is 27.4 Å². The molecule has 0 saturated carbocycles. The highest BCUT2D eigenvalue weighted by Gasteiger charge is 2.25. The van der Waals surface area contributed by atoms with E-state index in [0.29, 0.717) is 0 Å². The maximum atomic E-state index is 11.6. The van der Waals surface area contributed by atoms with Crippen molar-refractivity contribution in [1.29, 1.82) is 0 Å². The van der Waals surface area contributed by atoms with E-state index >= 15 is 0 Å². The number of pyridine rings is 1. The van der Waals surface area contributed by atoms with Gasteiger partial charge in [-0.15, -0.1) is 0 Å². The van der Waals surface area contributed by atoms with Crippen molar-refractivity contribution in [3.8, 4) is 17.0 Å². The van der Waals surface area contributed by atoms with E-state index < -0.39 is 4.92 Å². The van der Waals surface area contributed by atoms with Gasteiger partial charge in [0.1, 0.15) is 0 Å². The number of nitro groups is 1. The highest BCUT2D eigenvalue weighted by atomic mass is 16.6. The van der Waals surface area contributed by atoms with Gasteiger partial charge in [-0.3, -0.25) is 15.0 Å². The van der Waals surface area contributed by atoms with Crippen LogP contribution in [0.5, 0.6) is 5.75 Å².